The summed E-state index contributed by atoms with van der Waals surface area (Å²) in [4.78, 5) is 4.14. The zero-order chi connectivity index (χ0) is 17.7. The minimum absolute atomic E-state index is 0.157. The number of benzene rings is 1. The summed E-state index contributed by atoms with van der Waals surface area (Å²) in [6.07, 6.45) is 8.52. The minimum atomic E-state index is -0.589. The monoisotopic (exact) mass is 344 g/mol. The maximum Gasteiger partial charge on any atom is 0.187 e. The van der Waals surface area contributed by atoms with Gasteiger partial charge in [-0.2, -0.15) is 0 Å². The molecule has 1 saturated heterocycles. The molecule has 0 N–H and O–H groups in total. The van der Waals surface area contributed by atoms with Crippen LogP contribution in [0.3, 0.4) is 0 Å². The van der Waals surface area contributed by atoms with Gasteiger partial charge in [-0.1, -0.05) is 32.4 Å². The fourth-order valence-electron chi connectivity index (χ4n) is 3.20. The molecule has 2 heterocycles. The van der Waals surface area contributed by atoms with Crippen molar-refractivity contribution in [1.29, 1.82) is 0 Å². The van der Waals surface area contributed by atoms with Crippen molar-refractivity contribution in [2.45, 2.75) is 51.5 Å². The molecule has 0 aliphatic carbocycles. The van der Waals surface area contributed by atoms with Gasteiger partial charge in [-0.05, 0) is 30.0 Å². The second-order valence-electron chi connectivity index (χ2n) is 6.85. The number of hydrogen-bond donors (Lipinski definition) is 0. The van der Waals surface area contributed by atoms with Crippen LogP contribution in [0.15, 0.2) is 43.0 Å². The average molecular weight is 344 g/mol. The molecule has 0 amide bonds. The molecule has 136 valence electrons. The summed E-state index contributed by atoms with van der Waals surface area (Å²) in [6.45, 7) is 5.74. The molecule has 5 nitrogen and oxygen atoms in total. The van der Waals surface area contributed by atoms with E-state index in [1.165, 1.54) is 5.56 Å². The van der Waals surface area contributed by atoms with Gasteiger partial charge in [0.05, 0.1) is 32.7 Å². The second-order valence-corrected chi connectivity index (χ2v) is 6.85. The van der Waals surface area contributed by atoms with Gasteiger partial charge in [0.15, 0.2) is 5.79 Å². The number of hydrogen-bond acceptors (Lipinski definition) is 4. The Bertz CT molecular complexity index is 641. The summed E-state index contributed by atoms with van der Waals surface area (Å²) in [5, 5.41) is 0. The smallest absolute Gasteiger partial charge is 0.187 e. The van der Waals surface area contributed by atoms with Gasteiger partial charge in [-0.25, -0.2) is 4.98 Å². The van der Waals surface area contributed by atoms with Crippen LogP contribution in [0.2, 0.25) is 0 Å². The Hall–Kier alpha value is -1.85. The molecule has 3 unspecified atom stereocenters. The van der Waals surface area contributed by atoms with Gasteiger partial charge in [-0.3, -0.25) is 0 Å². The lowest BCUT2D eigenvalue weighted by molar-refractivity contribution is -0.186. The van der Waals surface area contributed by atoms with Crippen molar-refractivity contribution in [2.75, 3.05) is 13.7 Å². The molecule has 3 rings (SSSR count). The van der Waals surface area contributed by atoms with Crippen molar-refractivity contribution in [3.05, 3.63) is 48.5 Å². The SMILES string of the molecule is CCC(C)C1COC(CCc2ccc(OC)cc2)(Cn2ccnc2)O1. The zero-order valence-corrected chi connectivity index (χ0v) is 15.4. The first-order valence-corrected chi connectivity index (χ1v) is 9.04. The molecular formula is C20H28N2O3. The number of aromatic nitrogens is 2. The van der Waals surface area contributed by atoms with Crippen LogP contribution in [0.5, 0.6) is 5.75 Å². The number of methoxy groups -OCH3 is 1. The Balaban J connectivity index is 1.70. The van der Waals surface area contributed by atoms with E-state index < -0.39 is 5.79 Å². The Kier molecular flexibility index (Phi) is 5.76. The van der Waals surface area contributed by atoms with Crippen LogP contribution in [0.1, 0.15) is 32.3 Å². The van der Waals surface area contributed by atoms with E-state index in [0.29, 0.717) is 19.1 Å². The van der Waals surface area contributed by atoms with Gasteiger partial charge >= 0.3 is 0 Å². The lowest BCUT2D eigenvalue weighted by atomic mass is 10.0. The highest BCUT2D eigenvalue weighted by Crippen LogP contribution is 2.34. The molecule has 1 aliphatic heterocycles. The highest BCUT2D eigenvalue weighted by atomic mass is 16.7. The molecule has 1 fully saturated rings. The summed E-state index contributed by atoms with van der Waals surface area (Å²) >= 11 is 0. The Morgan fingerprint density at radius 2 is 2.16 bits per heavy atom. The van der Waals surface area contributed by atoms with E-state index in [1.807, 2.05) is 29.2 Å². The summed E-state index contributed by atoms with van der Waals surface area (Å²) in [5.41, 5.74) is 1.25. The second kappa shape index (κ2) is 8.02. The molecule has 5 heteroatoms. The molecule has 0 spiro atoms. The summed E-state index contributed by atoms with van der Waals surface area (Å²) in [5.74, 6) is 0.780. The molecule has 1 aromatic carbocycles. The van der Waals surface area contributed by atoms with E-state index in [2.05, 4.69) is 31.0 Å². The van der Waals surface area contributed by atoms with Crippen molar-refractivity contribution >= 4 is 0 Å². The van der Waals surface area contributed by atoms with E-state index in [0.717, 1.165) is 25.0 Å². The van der Waals surface area contributed by atoms with Crippen LogP contribution >= 0.6 is 0 Å². The van der Waals surface area contributed by atoms with E-state index in [4.69, 9.17) is 14.2 Å². The van der Waals surface area contributed by atoms with Gasteiger partial charge in [0.2, 0.25) is 0 Å². The number of imidazole rings is 1. The van der Waals surface area contributed by atoms with E-state index in [-0.39, 0.29) is 6.10 Å². The Morgan fingerprint density at radius 3 is 2.80 bits per heavy atom. The number of aryl methyl sites for hydroxylation is 1. The first kappa shape index (κ1) is 18.0. The van der Waals surface area contributed by atoms with Gasteiger partial charge in [-0.15, -0.1) is 0 Å². The topological polar surface area (TPSA) is 45.5 Å². The minimum Gasteiger partial charge on any atom is -0.497 e. The predicted molar refractivity (Wildman–Crippen MR) is 96.6 cm³/mol. The predicted octanol–water partition coefficient (Wildman–Crippen LogP) is 3.68. The third-order valence-electron chi connectivity index (χ3n) is 5.09. The molecule has 0 bridgehead atoms. The number of nitrogens with zero attached hydrogens (tertiary/aromatic N) is 2. The molecular weight excluding hydrogens is 316 g/mol. The molecule has 1 aromatic heterocycles. The summed E-state index contributed by atoms with van der Waals surface area (Å²) in [7, 11) is 1.68. The van der Waals surface area contributed by atoms with Crippen LogP contribution in [0.25, 0.3) is 0 Å². The Morgan fingerprint density at radius 1 is 1.36 bits per heavy atom. The normalized spacial score (nSPS) is 24.4. The van der Waals surface area contributed by atoms with Crippen LogP contribution in [-0.2, 0) is 22.4 Å². The third kappa shape index (κ3) is 4.41. The lowest BCUT2D eigenvalue weighted by Crippen LogP contribution is -2.37. The Labute approximate surface area is 149 Å². The van der Waals surface area contributed by atoms with Crippen LogP contribution in [0, 0.1) is 5.92 Å². The molecule has 1 aliphatic rings. The fourth-order valence-corrected chi connectivity index (χ4v) is 3.20. The largest absolute Gasteiger partial charge is 0.497 e. The van der Waals surface area contributed by atoms with Gasteiger partial charge in [0.1, 0.15) is 5.75 Å². The first-order chi connectivity index (χ1) is 12.1. The van der Waals surface area contributed by atoms with Crippen molar-refractivity contribution in [3.63, 3.8) is 0 Å². The van der Waals surface area contributed by atoms with Gasteiger partial charge < -0.3 is 18.8 Å². The molecule has 25 heavy (non-hydrogen) atoms. The number of rotatable bonds is 8. The lowest BCUT2D eigenvalue weighted by Gasteiger charge is -2.29. The first-order valence-electron chi connectivity index (χ1n) is 9.04. The quantitative estimate of drug-likeness (QED) is 0.733. The highest BCUT2D eigenvalue weighted by molar-refractivity contribution is 5.27. The van der Waals surface area contributed by atoms with Crippen LogP contribution < -0.4 is 4.74 Å². The molecule has 0 saturated carbocycles. The fraction of sp³-hybridized carbons (Fsp3) is 0.550. The average Bonchev–Trinajstić information content (AvgIpc) is 3.30. The van der Waals surface area contributed by atoms with Crippen molar-refractivity contribution < 1.29 is 14.2 Å². The number of ether oxygens (including phenoxy) is 3. The van der Waals surface area contributed by atoms with Crippen molar-refractivity contribution in [3.8, 4) is 5.75 Å². The van der Waals surface area contributed by atoms with Gasteiger partial charge in [0, 0.05) is 18.8 Å². The zero-order valence-electron chi connectivity index (χ0n) is 15.4. The van der Waals surface area contributed by atoms with Gasteiger partial charge in [0.25, 0.3) is 0 Å². The maximum absolute atomic E-state index is 6.45. The standard InChI is InChI=1S/C20H28N2O3/c1-4-16(2)19-13-24-20(25-19,14-22-12-11-21-15-22)10-9-17-5-7-18(23-3)8-6-17/h5-8,11-12,15-16,19H,4,9-10,13-14H2,1-3H3. The molecule has 2 aromatic rings. The maximum atomic E-state index is 6.45. The molecule has 0 radical (unpaired) electrons. The summed E-state index contributed by atoms with van der Waals surface area (Å²) in [6, 6.07) is 8.20. The third-order valence-corrected chi connectivity index (χ3v) is 5.09. The van der Waals surface area contributed by atoms with E-state index >= 15 is 0 Å². The van der Waals surface area contributed by atoms with Crippen molar-refractivity contribution in [1.82, 2.24) is 9.55 Å². The van der Waals surface area contributed by atoms with Crippen LogP contribution in [0.4, 0.5) is 0 Å². The highest BCUT2D eigenvalue weighted by Gasteiger charge is 2.43. The van der Waals surface area contributed by atoms with Crippen molar-refractivity contribution in [2.24, 2.45) is 5.92 Å². The van der Waals surface area contributed by atoms with E-state index in [1.54, 1.807) is 13.3 Å². The van der Waals surface area contributed by atoms with E-state index in [9.17, 15) is 0 Å². The van der Waals surface area contributed by atoms with Crippen LogP contribution in [-0.4, -0.2) is 35.2 Å². The summed E-state index contributed by atoms with van der Waals surface area (Å²) < 4.78 is 19.9. The molecule has 3 atom stereocenters.